The Morgan fingerprint density at radius 3 is 2.79 bits per heavy atom. The molecular formula is C20H31N3O. The van der Waals surface area contributed by atoms with E-state index < -0.39 is 0 Å². The van der Waals surface area contributed by atoms with Crippen molar-refractivity contribution >= 4 is 16.6 Å². The fraction of sp³-hybridized carbons (Fsp3) is 0.550. The van der Waals surface area contributed by atoms with E-state index in [4.69, 9.17) is 4.74 Å². The Hall–Kier alpha value is -1.81. The fourth-order valence-corrected chi connectivity index (χ4v) is 2.92. The zero-order chi connectivity index (χ0) is 17.4. The number of nitrogens with zero attached hydrogens (tertiary/aromatic N) is 2. The first kappa shape index (κ1) is 18.5. The fourth-order valence-electron chi connectivity index (χ4n) is 2.92. The van der Waals surface area contributed by atoms with E-state index in [2.05, 4.69) is 42.0 Å². The normalized spacial score (nSPS) is 12.5. The van der Waals surface area contributed by atoms with E-state index in [9.17, 15) is 0 Å². The van der Waals surface area contributed by atoms with Crippen LogP contribution in [0, 0.1) is 0 Å². The lowest BCUT2D eigenvalue weighted by molar-refractivity contribution is 0.208. The van der Waals surface area contributed by atoms with E-state index in [-0.39, 0.29) is 0 Å². The quantitative estimate of drug-likeness (QED) is 0.693. The first-order valence-electron chi connectivity index (χ1n) is 9.10. The van der Waals surface area contributed by atoms with Crippen LogP contribution in [0.1, 0.15) is 40.0 Å². The Balaban J connectivity index is 2.06. The van der Waals surface area contributed by atoms with Gasteiger partial charge >= 0.3 is 0 Å². The first-order valence-corrected chi connectivity index (χ1v) is 9.10. The van der Waals surface area contributed by atoms with Crippen LogP contribution in [-0.2, 0) is 0 Å². The number of benzene rings is 1. The highest BCUT2D eigenvalue weighted by atomic mass is 16.5. The number of aromatic nitrogens is 1. The van der Waals surface area contributed by atoms with Gasteiger partial charge < -0.3 is 10.1 Å². The zero-order valence-electron chi connectivity index (χ0n) is 15.5. The van der Waals surface area contributed by atoms with Crippen molar-refractivity contribution in [1.29, 1.82) is 0 Å². The molecule has 1 N–H and O–H groups in total. The monoisotopic (exact) mass is 329 g/mol. The van der Waals surface area contributed by atoms with E-state index in [1.54, 1.807) is 7.11 Å². The number of pyridine rings is 1. The summed E-state index contributed by atoms with van der Waals surface area (Å²) in [5.74, 6) is 0.864. The molecule has 0 bridgehead atoms. The molecule has 1 atom stereocenters. The van der Waals surface area contributed by atoms with E-state index in [0.29, 0.717) is 6.04 Å². The third-order valence-electron chi connectivity index (χ3n) is 4.64. The molecule has 0 amide bonds. The maximum Gasteiger partial charge on any atom is 0.121 e. The van der Waals surface area contributed by atoms with Gasteiger partial charge in [-0.2, -0.15) is 0 Å². The highest BCUT2D eigenvalue weighted by Crippen LogP contribution is 2.27. The summed E-state index contributed by atoms with van der Waals surface area (Å²) in [6.45, 7) is 9.95. The third-order valence-corrected chi connectivity index (χ3v) is 4.64. The lowest BCUT2D eigenvalue weighted by Gasteiger charge is -2.28. The van der Waals surface area contributed by atoms with Crippen molar-refractivity contribution in [2.24, 2.45) is 0 Å². The Bertz CT molecular complexity index is 629. The second kappa shape index (κ2) is 9.48. The van der Waals surface area contributed by atoms with E-state index in [1.807, 2.05) is 24.4 Å². The number of hydrogen-bond donors (Lipinski definition) is 1. The number of rotatable bonds is 10. The molecule has 0 aliphatic rings. The molecule has 1 heterocycles. The molecule has 2 rings (SSSR count). The van der Waals surface area contributed by atoms with Crippen LogP contribution in [0.15, 0.2) is 30.5 Å². The molecule has 0 saturated heterocycles. The molecular weight excluding hydrogens is 298 g/mol. The predicted molar refractivity (Wildman–Crippen MR) is 103 cm³/mol. The Morgan fingerprint density at radius 1 is 1.25 bits per heavy atom. The van der Waals surface area contributed by atoms with E-state index in [1.165, 1.54) is 25.8 Å². The van der Waals surface area contributed by atoms with Gasteiger partial charge in [-0.05, 0) is 38.4 Å². The van der Waals surface area contributed by atoms with Gasteiger partial charge in [-0.1, -0.05) is 26.3 Å². The maximum atomic E-state index is 5.42. The summed E-state index contributed by atoms with van der Waals surface area (Å²) in [5, 5.41) is 4.67. The number of anilines is 1. The smallest absolute Gasteiger partial charge is 0.121 e. The second-order valence-electron chi connectivity index (χ2n) is 6.32. The molecule has 4 heteroatoms. The first-order chi connectivity index (χ1) is 11.7. The van der Waals surface area contributed by atoms with E-state index in [0.717, 1.165) is 35.4 Å². The Morgan fingerprint density at radius 2 is 2.08 bits per heavy atom. The molecule has 0 fully saturated rings. The van der Waals surface area contributed by atoms with Crippen LogP contribution < -0.4 is 10.1 Å². The molecule has 4 nitrogen and oxygen atoms in total. The van der Waals surface area contributed by atoms with Crippen LogP contribution in [0.2, 0.25) is 0 Å². The molecule has 0 aliphatic carbocycles. The van der Waals surface area contributed by atoms with Gasteiger partial charge in [0, 0.05) is 36.8 Å². The number of unbranched alkanes of at least 4 members (excludes halogenated alkanes) is 1. The molecule has 0 radical (unpaired) electrons. The average Bonchev–Trinajstić information content (AvgIpc) is 2.63. The lowest BCUT2D eigenvalue weighted by Crippen LogP contribution is -2.37. The van der Waals surface area contributed by atoms with Crippen LogP contribution in [0.3, 0.4) is 0 Å². The molecule has 1 aromatic carbocycles. The van der Waals surface area contributed by atoms with Crippen LogP contribution in [-0.4, -0.2) is 42.7 Å². The Kier molecular flexibility index (Phi) is 7.32. The SMILES string of the molecule is CCCCN(CCNc1cc(OC)cc2cccnc12)[C@@H](C)CC. The molecule has 132 valence electrons. The van der Waals surface area contributed by atoms with Crippen LogP contribution in [0.25, 0.3) is 10.9 Å². The van der Waals surface area contributed by atoms with Crippen molar-refractivity contribution < 1.29 is 4.74 Å². The number of nitrogens with one attached hydrogen (secondary N) is 1. The highest BCUT2D eigenvalue weighted by molar-refractivity contribution is 5.91. The molecule has 0 saturated carbocycles. The van der Waals surface area contributed by atoms with Crippen LogP contribution in [0.4, 0.5) is 5.69 Å². The van der Waals surface area contributed by atoms with Crippen LogP contribution >= 0.6 is 0 Å². The molecule has 2 aromatic rings. The molecule has 1 aromatic heterocycles. The summed E-state index contributed by atoms with van der Waals surface area (Å²) in [6.07, 6.45) is 5.53. The summed E-state index contributed by atoms with van der Waals surface area (Å²) in [5.41, 5.74) is 2.05. The highest BCUT2D eigenvalue weighted by Gasteiger charge is 2.12. The third kappa shape index (κ3) is 4.84. The number of fused-ring (bicyclic) bond motifs is 1. The van der Waals surface area contributed by atoms with Crippen LogP contribution in [0.5, 0.6) is 5.75 Å². The van der Waals surface area contributed by atoms with Crippen molar-refractivity contribution in [1.82, 2.24) is 9.88 Å². The summed E-state index contributed by atoms with van der Waals surface area (Å²) < 4.78 is 5.42. The zero-order valence-corrected chi connectivity index (χ0v) is 15.5. The largest absolute Gasteiger partial charge is 0.497 e. The molecule has 0 unspecified atom stereocenters. The minimum atomic E-state index is 0.624. The molecule has 0 spiro atoms. The minimum Gasteiger partial charge on any atom is -0.497 e. The van der Waals surface area contributed by atoms with Gasteiger partial charge in [0.2, 0.25) is 0 Å². The van der Waals surface area contributed by atoms with Gasteiger partial charge in [-0.3, -0.25) is 9.88 Å². The average molecular weight is 329 g/mol. The van der Waals surface area contributed by atoms with Gasteiger partial charge in [-0.15, -0.1) is 0 Å². The van der Waals surface area contributed by atoms with E-state index >= 15 is 0 Å². The van der Waals surface area contributed by atoms with Crippen molar-refractivity contribution in [2.45, 2.75) is 46.1 Å². The second-order valence-corrected chi connectivity index (χ2v) is 6.32. The van der Waals surface area contributed by atoms with Gasteiger partial charge in [0.15, 0.2) is 0 Å². The van der Waals surface area contributed by atoms with Crippen molar-refractivity contribution in [2.75, 3.05) is 32.1 Å². The van der Waals surface area contributed by atoms with Crippen molar-refractivity contribution in [3.63, 3.8) is 0 Å². The number of ether oxygens (including phenoxy) is 1. The summed E-state index contributed by atoms with van der Waals surface area (Å²) in [7, 11) is 1.71. The summed E-state index contributed by atoms with van der Waals surface area (Å²) >= 11 is 0. The lowest BCUT2D eigenvalue weighted by atomic mass is 10.1. The predicted octanol–water partition coefficient (Wildman–Crippen LogP) is 4.56. The summed E-state index contributed by atoms with van der Waals surface area (Å²) in [4.78, 5) is 7.10. The Labute approximate surface area is 146 Å². The molecule has 0 aliphatic heterocycles. The standard InChI is InChI=1S/C20H31N3O/c1-5-7-12-23(16(3)6-2)13-11-21-19-15-18(24-4)14-17-9-8-10-22-20(17)19/h8-10,14-16,21H,5-7,11-13H2,1-4H3/t16-/m0/s1. The van der Waals surface area contributed by atoms with Gasteiger partial charge in [-0.25, -0.2) is 0 Å². The van der Waals surface area contributed by atoms with Gasteiger partial charge in [0.1, 0.15) is 5.75 Å². The van der Waals surface area contributed by atoms with Gasteiger partial charge in [0.25, 0.3) is 0 Å². The summed E-state index contributed by atoms with van der Waals surface area (Å²) in [6, 6.07) is 8.72. The topological polar surface area (TPSA) is 37.4 Å². The van der Waals surface area contributed by atoms with Crippen molar-refractivity contribution in [3.8, 4) is 5.75 Å². The number of methoxy groups -OCH3 is 1. The van der Waals surface area contributed by atoms with Crippen molar-refractivity contribution in [3.05, 3.63) is 30.5 Å². The van der Waals surface area contributed by atoms with Gasteiger partial charge in [0.05, 0.1) is 18.3 Å². The minimum absolute atomic E-state index is 0.624. The number of hydrogen-bond acceptors (Lipinski definition) is 4. The molecule has 24 heavy (non-hydrogen) atoms. The maximum absolute atomic E-state index is 5.42.